The molecule has 1 atom stereocenters. The van der Waals surface area contributed by atoms with E-state index in [2.05, 4.69) is 17.4 Å². The van der Waals surface area contributed by atoms with Crippen LogP contribution in [0, 0.1) is 6.92 Å². The summed E-state index contributed by atoms with van der Waals surface area (Å²) in [7, 11) is -3.90. The van der Waals surface area contributed by atoms with E-state index in [4.69, 9.17) is 0 Å². The second-order valence-corrected chi connectivity index (χ2v) is 10.2. The first-order valence-electron chi connectivity index (χ1n) is 10.9. The number of hydrogen-bond donors (Lipinski definition) is 1. The Morgan fingerprint density at radius 1 is 0.969 bits per heavy atom. The van der Waals surface area contributed by atoms with Gasteiger partial charge < -0.3 is 5.32 Å². The summed E-state index contributed by atoms with van der Waals surface area (Å²) in [6.07, 6.45) is 3.35. The minimum absolute atomic E-state index is 0.154. The second kappa shape index (κ2) is 9.17. The fraction of sp³-hybridized carbons (Fsp3) is 0.269. The Morgan fingerprint density at radius 3 is 2.47 bits per heavy atom. The largest absolute Gasteiger partial charge is 0.348 e. The van der Waals surface area contributed by atoms with Crippen molar-refractivity contribution < 1.29 is 13.2 Å². The van der Waals surface area contributed by atoms with Crippen LogP contribution in [0.5, 0.6) is 0 Å². The molecule has 0 bridgehead atoms. The molecule has 0 spiro atoms. The molecule has 3 aromatic carbocycles. The van der Waals surface area contributed by atoms with Gasteiger partial charge in [0.2, 0.25) is 5.91 Å². The molecule has 3 aromatic rings. The maximum atomic E-state index is 13.4. The summed E-state index contributed by atoms with van der Waals surface area (Å²) in [5.41, 5.74) is 5.15. The van der Waals surface area contributed by atoms with Gasteiger partial charge in [-0.15, -0.1) is 0 Å². The number of hydrogen-bond acceptors (Lipinski definition) is 3. The lowest BCUT2D eigenvalue weighted by atomic mass is 10.0. The zero-order valence-electron chi connectivity index (χ0n) is 18.4. The van der Waals surface area contributed by atoms with Crippen LogP contribution in [-0.4, -0.2) is 20.9 Å². The molecule has 5 nitrogen and oxygen atoms in total. The lowest BCUT2D eigenvalue weighted by Crippen LogP contribution is -2.41. The number of nitrogens with zero attached hydrogens (tertiary/aromatic N) is 1. The predicted molar refractivity (Wildman–Crippen MR) is 127 cm³/mol. The fourth-order valence-corrected chi connectivity index (χ4v) is 5.61. The first-order chi connectivity index (χ1) is 15.3. The molecule has 1 aliphatic rings. The normalized spacial score (nSPS) is 13.9. The third kappa shape index (κ3) is 4.70. The Morgan fingerprint density at radius 2 is 1.72 bits per heavy atom. The third-order valence-corrected chi connectivity index (χ3v) is 7.70. The number of carbonyl (C=O) groups excluding carboxylic acids is 1. The van der Waals surface area contributed by atoms with Gasteiger partial charge in [-0.1, -0.05) is 48.5 Å². The van der Waals surface area contributed by atoms with E-state index < -0.39 is 10.0 Å². The molecular formula is C26H28N2O3S. The number of rotatable bonds is 7. The van der Waals surface area contributed by atoms with Crippen LogP contribution in [0.15, 0.2) is 77.7 Å². The van der Waals surface area contributed by atoms with Crippen LogP contribution < -0.4 is 9.62 Å². The van der Waals surface area contributed by atoms with Crippen LogP contribution in [0.2, 0.25) is 0 Å². The maximum absolute atomic E-state index is 13.4. The number of benzene rings is 3. The van der Waals surface area contributed by atoms with Crippen molar-refractivity contribution in [2.24, 2.45) is 0 Å². The summed E-state index contributed by atoms with van der Waals surface area (Å²) in [5.74, 6) is -0.348. The van der Waals surface area contributed by atoms with Crippen LogP contribution in [0.25, 0.3) is 0 Å². The van der Waals surface area contributed by atoms with E-state index in [0.29, 0.717) is 5.69 Å². The van der Waals surface area contributed by atoms with E-state index in [1.54, 1.807) is 48.5 Å². The van der Waals surface area contributed by atoms with Crippen molar-refractivity contribution in [2.45, 2.75) is 44.0 Å². The Balaban J connectivity index is 1.57. The van der Waals surface area contributed by atoms with Crippen molar-refractivity contribution in [2.75, 3.05) is 10.8 Å². The van der Waals surface area contributed by atoms with Gasteiger partial charge in [-0.3, -0.25) is 9.10 Å². The van der Waals surface area contributed by atoms with Crippen molar-refractivity contribution in [3.63, 3.8) is 0 Å². The summed E-state index contributed by atoms with van der Waals surface area (Å²) in [4.78, 5) is 13.1. The zero-order valence-corrected chi connectivity index (χ0v) is 19.2. The van der Waals surface area contributed by atoms with Crippen LogP contribution in [0.1, 0.15) is 41.6 Å². The van der Waals surface area contributed by atoms with Crippen molar-refractivity contribution in [3.05, 3.63) is 95.1 Å². The first-order valence-corrected chi connectivity index (χ1v) is 12.3. The molecular weight excluding hydrogens is 420 g/mol. The Hall–Kier alpha value is -3.12. The van der Waals surface area contributed by atoms with E-state index in [-0.39, 0.29) is 23.4 Å². The molecule has 0 saturated carbocycles. The molecule has 0 radical (unpaired) electrons. The van der Waals surface area contributed by atoms with Gasteiger partial charge in [0.05, 0.1) is 16.6 Å². The number of anilines is 1. The molecule has 1 N–H and O–H groups in total. The van der Waals surface area contributed by atoms with Gasteiger partial charge in [-0.05, 0) is 79.6 Å². The quantitative estimate of drug-likeness (QED) is 0.576. The molecule has 0 aliphatic heterocycles. The van der Waals surface area contributed by atoms with Crippen LogP contribution >= 0.6 is 0 Å². The molecule has 32 heavy (non-hydrogen) atoms. The van der Waals surface area contributed by atoms with Crippen molar-refractivity contribution >= 4 is 21.6 Å². The number of sulfonamides is 1. The SMILES string of the molecule is Cc1cccc(N(CC(=O)NC(C)c2ccc3c(c2)CCC3)S(=O)(=O)c2ccccc2)c1. The first kappa shape index (κ1) is 22.1. The molecule has 0 saturated heterocycles. The summed E-state index contributed by atoms with van der Waals surface area (Å²) in [6.45, 7) is 3.53. The highest BCUT2D eigenvalue weighted by Gasteiger charge is 2.27. The predicted octanol–water partition coefficient (Wildman–Crippen LogP) is 4.56. The topological polar surface area (TPSA) is 66.5 Å². The van der Waals surface area contributed by atoms with Crippen LogP contribution in [-0.2, 0) is 27.7 Å². The number of aryl methyl sites for hydroxylation is 3. The van der Waals surface area contributed by atoms with Gasteiger partial charge in [0, 0.05) is 0 Å². The number of amides is 1. The third-order valence-electron chi connectivity index (χ3n) is 5.91. The molecule has 0 aromatic heterocycles. The summed E-state index contributed by atoms with van der Waals surface area (Å²) >= 11 is 0. The summed E-state index contributed by atoms with van der Waals surface area (Å²) in [6, 6.07) is 21.5. The van der Waals surface area contributed by atoms with Crippen LogP contribution in [0.4, 0.5) is 5.69 Å². The van der Waals surface area contributed by atoms with E-state index in [1.165, 1.54) is 21.9 Å². The minimum Gasteiger partial charge on any atom is -0.348 e. The van der Waals surface area contributed by atoms with Crippen LogP contribution in [0.3, 0.4) is 0 Å². The fourth-order valence-electron chi connectivity index (χ4n) is 4.18. The smallest absolute Gasteiger partial charge is 0.264 e. The maximum Gasteiger partial charge on any atom is 0.264 e. The Bertz CT molecular complexity index is 1220. The van der Waals surface area contributed by atoms with Gasteiger partial charge in [0.25, 0.3) is 10.0 Å². The molecule has 166 valence electrons. The second-order valence-electron chi connectivity index (χ2n) is 8.33. The molecule has 1 unspecified atom stereocenters. The Labute approximate surface area is 190 Å². The number of carbonyl (C=O) groups is 1. The molecule has 1 amide bonds. The lowest BCUT2D eigenvalue weighted by Gasteiger charge is -2.25. The molecule has 4 rings (SSSR count). The highest BCUT2D eigenvalue weighted by Crippen LogP contribution is 2.26. The van der Waals surface area contributed by atoms with E-state index in [1.807, 2.05) is 26.0 Å². The van der Waals surface area contributed by atoms with Gasteiger partial charge in [-0.2, -0.15) is 0 Å². The van der Waals surface area contributed by atoms with E-state index in [0.717, 1.165) is 24.0 Å². The van der Waals surface area contributed by atoms with E-state index in [9.17, 15) is 13.2 Å². The van der Waals surface area contributed by atoms with Gasteiger partial charge in [-0.25, -0.2) is 8.42 Å². The molecule has 0 heterocycles. The summed E-state index contributed by atoms with van der Waals surface area (Å²) in [5, 5.41) is 2.98. The molecule has 1 aliphatic carbocycles. The van der Waals surface area contributed by atoms with Crippen molar-refractivity contribution in [1.82, 2.24) is 5.32 Å². The average molecular weight is 449 g/mol. The van der Waals surface area contributed by atoms with Crippen molar-refractivity contribution in [1.29, 1.82) is 0 Å². The highest BCUT2D eigenvalue weighted by molar-refractivity contribution is 7.92. The van der Waals surface area contributed by atoms with Gasteiger partial charge in [0.15, 0.2) is 0 Å². The minimum atomic E-state index is -3.90. The summed E-state index contributed by atoms with van der Waals surface area (Å²) < 4.78 is 28.0. The standard InChI is InChI=1S/C26H28N2O3S/c1-19-8-6-11-24(16-19)28(32(30,31)25-12-4-3-5-13-25)18-26(29)27-20(2)22-15-14-21-9-7-10-23(21)17-22/h3-6,8,11-17,20H,7,9-10,18H2,1-2H3,(H,27,29). The van der Waals surface area contributed by atoms with Gasteiger partial charge >= 0.3 is 0 Å². The Kier molecular flexibility index (Phi) is 6.33. The number of fused-ring (bicyclic) bond motifs is 1. The molecule has 0 fully saturated rings. The monoisotopic (exact) mass is 448 g/mol. The average Bonchev–Trinajstić information content (AvgIpc) is 3.26. The molecule has 6 heteroatoms. The highest BCUT2D eigenvalue weighted by atomic mass is 32.2. The lowest BCUT2D eigenvalue weighted by molar-refractivity contribution is -0.120. The zero-order chi connectivity index (χ0) is 22.7. The van der Waals surface area contributed by atoms with Crippen molar-refractivity contribution in [3.8, 4) is 0 Å². The van der Waals surface area contributed by atoms with E-state index >= 15 is 0 Å². The number of nitrogens with one attached hydrogen (secondary N) is 1. The van der Waals surface area contributed by atoms with Gasteiger partial charge in [0.1, 0.15) is 6.54 Å².